The van der Waals surface area contributed by atoms with Crippen LogP contribution in [0.5, 0.6) is 0 Å². The van der Waals surface area contributed by atoms with Crippen LogP contribution in [0.2, 0.25) is 0 Å². The van der Waals surface area contributed by atoms with Gasteiger partial charge in [0, 0.05) is 34.7 Å². The number of carbonyl (C=O) groups is 2. The van der Waals surface area contributed by atoms with Crippen LogP contribution in [0.3, 0.4) is 0 Å². The Kier molecular flexibility index (Phi) is 5.61. The number of hydrogen-bond donors (Lipinski definition) is 3. The number of aliphatic carboxylic acids is 2. The number of hydrogen-bond acceptors (Lipinski definition) is 5. The molecule has 0 bridgehead atoms. The van der Waals surface area contributed by atoms with Gasteiger partial charge in [-0.2, -0.15) is 0 Å². The maximum Gasteiger partial charge on any atom is 0.414 e. The first-order valence-electron chi connectivity index (χ1n) is 7.36. The van der Waals surface area contributed by atoms with Crippen LogP contribution in [0.25, 0.3) is 10.9 Å². The Morgan fingerprint density at radius 1 is 1.25 bits per heavy atom. The molecule has 0 spiro atoms. The molecule has 1 aromatic heterocycles. The van der Waals surface area contributed by atoms with Gasteiger partial charge in [0.2, 0.25) is 0 Å². The second-order valence-corrected chi connectivity index (χ2v) is 6.39. The van der Waals surface area contributed by atoms with Crippen molar-refractivity contribution in [2.24, 2.45) is 0 Å². The molecule has 2 heterocycles. The zero-order valence-corrected chi connectivity index (χ0v) is 14.7. The van der Waals surface area contributed by atoms with Crippen molar-refractivity contribution < 1.29 is 19.8 Å². The lowest BCUT2D eigenvalue weighted by molar-refractivity contribution is -0.159. The number of nitrogens with zero attached hydrogens (tertiary/aromatic N) is 2. The van der Waals surface area contributed by atoms with Crippen molar-refractivity contribution in [3.63, 3.8) is 0 Å². The van der Waals surface area contributed by atoms with E-state index >= 15 is 0 Å². The van der Waals surface area contributed by atoms with Gasteiger partial charge in [0.1, 0.15) is 5.82 Å². The molecule has 0 atom stereocenters. The molecule has 1 aliphatic rings. The minimum Gasteiger partial charge on any atom is -0.473 e. The minimum atomic E-state index is -1.82. The van der Waals surface area contributed by atoms with Gasteiger partial charge in [-0.05, 0) is 37.5 Å². The predicted octanol–water partition coefficient (Wildman–Crippen LogP) is 2.51. The Hall–Kier alpha value is -2.35. The molecule has 0 fully saturated rings. The van der Waals surface area contributed by atoms with Crippen LogP contribution in [-0.4, -0.2) is 40.7 Å². The zero-order valence-electron chi connectivity index (χ0n) is 13.1. The predicted molar refractivity (Wildman–Crippen MR) is 95.3 cm³/mol. The second kappa shape index (κ2) is 7.48. The zero-order chi connectivity index (χ0) is 17.9. The highest BCUT2D eigenvalue weighted by Crippen LogP contribution is 2.34. The second-order valence-electron chi connectivity index (χ2n) is 5.48. The maximum atomic E-state index is 9.10. The molecule has 0 radical (unpaired) electrons. The number of nitrogens with two attached hydrogens (primary N) is 1. The molecule has 24 heavy (non-hydrogen) atoms. The summed E-state index contributed by atoms with van der Waals surface area (Å²) < 4.78 is 1.05. The highest BCUT2D eigenvalue weighted by molar-refractivity contribution is 9.10. The molecule has 128 valence electrons. The van der Waals surface area contributed by atoms with E-state index in [9.17, 15) is 0 Å². The van der Waals surface area contributed by atoms with E-state index in [0.29, 0.717) is 0 Å². The van der Waals surface area contributed by atoms with Gasteiger partial charge >= 0.3 is 11.9 Å². The topological polar surface area (TPSA) is 117 Å². The third-order valence-electron chi connectivity index (χ3n) is 3.78. The van der Waals surface area contributed by atoms with E-state index in [1.54, 1.807) is 0 Å². The summed E-state index contributed by atoms with van der Waals surface area (Å²) in [5.74, 6) is -2.59. The molecule has 7 nitrogen and oxygen atoms in total. The van der Waals surface area contributed by atoms with Crippen LogP contribution in [0.4, 0.5) is 11.5 Å². The summed E-state index contributed by atoms with van der Waals surface area (Å²) in [5, 5.41) is 15.8. The minimum absolute atomic E-state index is 0.894. The highest BCUT2D eigenvalue weighted by Gasteiger charge is 2.18. The van der Waals surface area contributed by atoms with Crippen molar-refractivity contribution in [1.29, 1.82) is 0 Å². The summed E-state index contributed by atoms with van der Waals surface area (Å²) in [5.41, 5.74) is 9.43. The van der Waals surface area contributed by atoms with E-state index < -0.39 is 11.9 Å². The molecule has 0 amide bonds. The fraction of sp³-hybridized carbons (Fsp3) is 0.312. The number of fused-ring (bicyclic) bond motifs is 2. The van der Waals surface area contributed by atoms with Crippen molar-refractivity contribution in [2.75, 3.05) is 24.2 Å². The van der Waals surface area contributed by atoms with E-state index in [-0.39, 0.29) is 0 Å². The lowest BCUT2D eigenvalue weighted by Gasteiger charge is -2.20. The van der Waals surface area contributed by atoms with E-state index in [2.05, 4.69) is 33.9 Å². The summed E-state index contributed by atoms with van der Waals surface area (Å²) >= 11 is 3.50. The van der Waals surface area contributed by atoms with Crippen LogP contribution in [0.15, 0.2) is 22.7 Å². The molecule has 2 aromatic rings. The maximum absolute atomic E-state index is 9.10. The summed E-state index contributed by atoms with van der Waals surface area (Å²) in [6, 6.07) is 6.09. The van der Waals surface area contributed by atoms with Gasteiger partial charge in [-0.1, -0.05) is 15.9 Å². The van der Waals surface area contributed by atoms with Gasteiger partial charge in [0.25, 0.3) is 0 Å². The van der Waals surface area contributed by atoms with Crippen molar-refractivity contribution in [1.82, 2.24) is 4.98 Å². The molecule has 3 rings (SSSR count). The van der Waals surface area contributed by atoms with Crippen LogP contribution in [0, 0.1) is 0 Å². The smallest absolute Gasteiger partial charge is 0.414 e. The van der Waals surface area contributed by atoms with Gasteiger partial charge in [-0.3, -0.25) is 0 Å². The summed E-state index contributed by atoms with van der Waals surface area (Å²) in [6.45, 7) is 1.06. The van der Waals surface area contributed by atoms with Gasteiger partial charge in [-0.25, -0.2) is 14.6 Å². The molecule has 0 saturated heterocycles. The van der Waals surface area contributed by atoms with Gasteiger partial charge in [-0.15, -0.1) is 0 Å². The fourth-order valence-corrected chi connectivity index (χ4v) is 2.97. The largest absolute Gasteiger partial charge is 0.473 e. The average Bonchev–Trinajstić information content (AvgIpc) is 2.71. The first-order valence-corrected chi connectivity index (χ1v) is 8.15. The third kappa shape index (κ3) is 3.94. The van der Waals surface area contributed by atoms with Crippen LogP contribution in [0.1, 0.15) is 18.4 Å². The number of halogens is 1. The normalized spacial score (nSPS) is 13.5. The standard InChI is InChI=1S/C14H16BrN3.C2H2O4/c1-18-7-3-2-4-10-13(16)11-8-9(15)5-6-12(11)17-14(10)18;3-1(4)2(5)6/h5-6,8H,2-4,7H2,1H3,(H2,16,17);(H,3,4)(H,5,6). The number of anilines is 2. The molecule has 4 N–H and O–H groups in total. The quantitative estimate of drug-likeness (QED) is 0.586. The summed E-state index contributed by atoms with van der Waals surface area (Å²) in [6.07, 6.45) is 3.41. The molecular formula is C16H18BrN3O4. The van der Waals surface area contributed by atoms with Gasteiger partial charge < -0.3 is 20.8 Å². The van der Waals surface area contributed by atoms with Crippen molar-refractivity contribution in [3.8, 4) is 0 Å². The number of rotatable bonds is 0. The van der Waals surface area contributed by atoms with E-state index in [0.717, 1.165) is 39.8 Å². The monoisotopic (exact) mass is 395 g/mol. The molecule has 0 saturated carbocycles. The number of pyridine rings is 1. The number of nitrogen functional groups attached to an aromatic ring is 1. The van der Waals surface area contributed by atoms with Crippen molar-refractivity contribution in [2.45, 2.75) is 19.3 Å². The first kappa shape index (κ1) is 18.0. The SMILES string of the molecule is CN1CCCCc2c1nc1ccc(Br)cc1c2N.O=C(O)C(=O)O. The molecule has 8 heteroatoms. The molecule has 0 unspecified atom stereocenters. The third-order valence-corrected chi connectivity index (χ3v) is 4.28. The fourth-order valence-electron chi connectivity index (χ4n) is 2.60. The Morgan fingerprint density at radius 2 is 1.92 bits per heavy atom. The molecule has 0 aliphatic carbocycles. The lowest BCUT2D eigenvalue weighted by Crippen LogP contribution is -2.19. The molecular weight excluding hydrogens is 378 g/mol. The lowest BCUT2D eigenvalue weighted by atomic mass is 10.0. The van der Waals surface area contributed by atoms with Crippen LogP contribution >= 0.6 is 15.9 Å². The first-order chi connectivity index (χ1) is 11.3. The van der Waals surface area contributed by atoms with E-state index in [1.165, 1.54) is 18.4 Å². The molecule has 1 aromatic carbocycles. The van der Waals surface area contributed by atoms with Crippen molar-refractivity contribution in [3.05, 3.63) is 28.2 Å². The number of carboxylic acids is 2. The van der Waals surface area contributed by atoms with Crippen LogP contribution in [-0.2, 0) is 16.0 Å². The number of aromatic nitrogens is 1. The number of carboxylic acid groups (broad SMARTS) is 2. The summed E-state index contributed by atoms with van der Waals surface area (Å²) in [7, 11) is 2.10. The Morgan fingerprint density at radius 3 is 2.54 bits per heavy atom. The van der Waals surface area contributed by atoms with Gasteiger partial charge in [0.05, 0.1) is 5.52 Å². The van der Waals surface area contributed by atoms with Crippen LogP contribution < -0.4 is 10.6 Å². The Balaban J connectivity index is 0.000000301. The Labute approximate surface area is 147 Å². The molecule has 1 aliphatic heterocycles. The highest BCUT2D eigenvalue weighted by atomic mass is 79.9. The summed E-state index contributed by atoms with van der Waals surface area (Å²) in [4.78, 5) is 25.2. The average molecular weight is 396 g/mol. The van der Waals surface area contributed by atoms with Gasteiger partial charge in [0.15, 0.2) is 0 Å². The Bertz CT molecular complexity index is 782. The van der Waals surface area contributed by atoms with E-state index in [1.807, 2.05) is 12.1 Å². The number of benzene rings is 1. The van der Waals surface area contributed by atoms with E-state index in [4.69, 9.17) is 30.5 Å². The van der Waals surface area contributed by atoms with Crippen molar-refractivity contribution >= 4 is 50.3 Å².